The number of aliphatic imine (C=N–C) groups is 1. The van der Waals surface area contributed by atoms with Crippen molar-refractivity contribution >= 4 is 5.96 Å². The Morgan fingerprint density at radius 1 is 0.966 bits per heavy atom. The molecule has 29 heavy (non-hydrogen) atoms. The van der Waals surface area contributed by atoms with Gasteiger partial charge < -0.3 is 24.8 Å². The number of guanidine groups is 1. The molecule has 0 radical (unpaired) electrons. The standard InChI is InChI=1S/C21H27F2N3O3/c1-5-24-21(25-9-8-15-12-16(22)6-7-17(15)23)26-13-14-10-18(27-2)20(29-4)19(11-14)28-3/h6-7,10-12H,5,8-9,13H2,1-4H3,(H2,24,25,26). The smallest absolute Gasteiger partial charge is 0.203 e. The van der Waals surface area contributed by atoms with Gasteiger partial charge in [0.25, 0.3) is 0 Å². The van der Waals surface area contributed by atoms with E-state index in [0.717, 1.165) is 17.7 Å². The van der Waals surface area contributed by atoms with Crippen molar-refractivity contribution in [1.82, 2.24) is 10.6 Å². The third-order valence-electron chi connectivity index (χ3n) is 4.18. The third kappa shape index (κ3) is 6.23. The summed E-state index contributed by atoms with van der Waals surface area (Å²) in [5.74, 6) is 1.31. The van der Waals surface area contributed by atoms with Crippen molar-refractivity contribution in [1.29, 1.82) is 0 Å². The molecule has 0 saturated heterocycles. The van der Waals surface area contributed by atoms with Gasteiger partial charge in [0, 0.05) is 13.1 Å². The molecule has 0 aliphatic rings. The van der Waals surface area contributed by atoms with Crippen LogP contribution >= 0.6 is 0 Å². The number of ether oxygens (including phenoxy) is 3. The van der Waals surface area contributed by atoms with Crippen molar-refractivity contribution in [2.24, 2.45) is 4.99 Å². The van der Waals surface area contributed by atoms with Gasteiger partial charge in [-0.15, -0.1) is 0 Å². The van der Waals surface area contributed by atoms with Crippen molar-refractivity contribution < 1.29 is 23.0 Å². The van der Waals surface area contributed by atoms with Crippen LogP contribution in [0.1, 0.15) is 18.1 Å². The number of methoxy groups -OCH3 is 3. The van der Waals surface area contributed by atoms with E-state index in [-0.39, 0.29) is 0 Å². The van der Waals surface area contributed by atoms with Gasteiger partial charge in [0.05, 0.1) is 27.9 Å². The van der Waals surface area contributed by atoms with Crippen LogP contribution in [0, 0.1) is 11.6 Å². The molecule has 0 fully saturated rings. The summed E-state index contributed by atoms with van der Waals surface area (Å²) in [5.41, 5.74) is 1.19. The molecule has 2 aromatic rings. The Morgan fingerprint density at radius 3 is 2.24 bits per heavy atom. The molecule has 2 rings (SSSR count). The maximum absolute atomic E-state index is 13.7. The lowest BCUT2D eigenvalue weighted by Crippen LogP contribution is -2.38. The Hall–Kier alpha value is -3.03. The van der Waals surface area contributed by atoms with Crippen molar-refractivity contribution in [3.63, 3.8) is 0 Å². The van der Waals surface area contributed by atoms with Crippen LogP contribution in [0.2, 0.25) is 0 Å². The van der Waals surface area contributed by atoms with Crippen LogP contribution in [0.4, 0.5) is 8.78 Å². The number of rotatable bonds is 9. The minimum atomic E-state index is -0.454. The molecule has 6 nitrogen and oxygen atoms in total. The van der Waals surface area contributed by atoms with E-state index >= 15 is 0 Å². The van der Waals surface area contributed by atoms with Gasteiger partial charge >= 0.3 is 0 Å². The van der Waals surface area contributed by atoms with Crippen LogP contribution in [0.15, 0.2) is 35.3 Å². The third-order valence-corrected chi connectivity index (χ3v) is 4.18. The molecule has 0 saturated carbocycles. The highest BCUT2D eigenvalue weighted by atomic mass is 19.1. The predicted molar refractivity (Wildman–Crippen MR) is 109 cm³/mol. The number of hydrogen-bond acceptors (Lipinski definition) is 4. The van der Waals surface area contributed by atoms with E-state index in [0.29, 0.717) is 54.8 Å². The molecular formula is C21H27F2N3O3. The normalized spacial score (nSPS) is 11.2. The molecule has 0 atom stereocenters. The summed E-state index contributed by atoms with van der Waals surface area (Å²) in [5, 5.41) is 6.26. The maximum atomic E-state index is 13.7. The molecule has 0 aromatic heterocycles. The van der Waals surface area contributed by atoms with E-state index in [4.69, 9.17) is 14.2 Å². The summed E-state index contributed by atoms with van der Waals surface area (Å²) in [6.45, 7) is 3.38. The lowest BCUT2D eigenvalue weighted by atomic mass is 10.1. The van der Waals surface area contributed by atoms with Crippen LogP contribution in [0.3, 0.4) is 0 Å². The van der Waals surface area contributed by atoms with Crippen molar-refractivity contribution in [2.45, 2.75) is 19.9 Å². The fraction of sp³-hybridized carbons (Fsp3) is 0.381. The minimum Gasteiger partial charge on any atom is -0.493 e. The Labute approximate surface area is 169 Å². The zero-order valence-corrected chi connectivity index (χ0v) is 17.1. The molecule has 0 bridgehead atoms. The van der Waals surface area contributed by atoms with Gasteiger partial charge in [-0.25, -0.2) is 13.8 Å². The SMILES string of the molecule is CCNC(=NCc1cc(OC)c(OC)c(OC)c1)NCCc1cc(F)ccc1F. The summed E-state index contributed by atoms with van der Waals surface area (Å²) < 4.78 is 43.1. The number of nitrogens with one attached hydrogen (secondary N) is 2. The van der Waals surface area contributed by atoms with Gasteiger partial charge in [-0.2, -0.15) is 0 Å². The van der Waals surface area contributed by atoms with Crippen LogP contribution in [0.5, 0.6) is 17.2 Å². The first-order valence-electron chi connectivity index (χ1n) is 9.27. The first kappa shape index (κ1) is 22.3. The van der Waals surface area contributed by atoms with Gasteiger partial charge in [0.2, 0.25) is 5.75 Å². The van der Waals surface area contributed by atoms with E-state index in [9.17, 15) is 8.78 Å². The monoisotopic (exact) mass is 407 g/mol. The topological polar surface area (TPSA) is 64.1 Å². The summed E-state index contributed by atoms with van der Waals surface area (Å²) in [6, 6.07) is 7.10. The number of halogens is 2. The second-order valence-corrected chi connectivity index (χ2v) is 6.14. The Balaban J connectivity index is 2.07. The highest BCUT2D eigenvalue weighted by molar-refractivity contribution is 5.79. The van der Waals surface area contributed by atoms with Gasteiger partial charge in [-0.1, -0.05) is 0 Å². The number of nitrogens with zero attached hydrogens (tertiary/aromatic N) is 1. The lowest BCUT2D eigenvalue weighted by molar-refractivity contribution is 0.324. The molecule has 0 amide bonds. The van der Waals surface area contributed by atoms with Crippen molar-refractivity contribution in [3.8, 4) is 17.2 Å². The van der Waals surface area contributed by atoms with E-state index in [1.54, 1.807) is 21.3 Å². The van der Waals surface area contributed by atoms with E-state index < -0.39 is 11.6 Å². The van der Waals surface area contributed by atoms with Crippen LogP contribution in [-0.2, 0) is 13.0 Å². The highest BCUT2D eigenvalue weighted by Crippen LogP contribution is 2.38. The summed E-state index contributed by atoms with van der Waals surface area (Å²) in [7, 11) is 4.66. The molecule has 0 heterocycles. The second-order valence-electron chi connectivity index (χ2n) is 6.14. The molecule has 2 aromatic carbocycles. The average Bonchev–Trinajstić information content (AvgIpc) is 2.73. The summed E-state index contributed by atoms with van der Waals surface area (Å²) in [6.07, 6.45) is 0.332. The van der Waals surface area contributed by atoms with Gasteiger partial charge in [-0.3, -0.25) is 0 Å². The summed E-state index contributed by atoms with van der Waals surface area (Å²) in [4.78, 5) is 4.54. The maximum Gasteiger partial charge on any atom is 0.203 e. The average molecular weight is 407 g/mol. The largest absolute Gasteiger partial charge is 0.493 e. The van der Waals surface area contributed by atoms with Crippen LogP contribution < -0.4 is 24.8 Å². The van der Waals surface area contributed by atoms with Crippen molar-refractivity contribution in [2.75, 3.05) is 34.4 Å². The van der Waals surface area contributed by atoms with Gasteiger partial charge in [0.15, 0.2) is 17.5 Å². The lowest BCUT2D eigenvalue weighted by Gasteiger charge is -2.14. The molecule has 158 valence electrons. The van der Waals surface area contributed by atoms with Crippen LogP contribution in [0.25, 0.3) is 0 Å². The molecule has 0 aliphatic heterocycles. The molecular weight excluding hydrogens is 380 g/mol. The van der Waals surface area contributed by atoms with E-state index in [1.165, 1.54) is 6.07 Å². The zero-order valence-electron chi connectivity index (χ0n) is 17.1. The Bertz CT molecular complexity index is 819. The second kappa shape index (κ2) is 11.1. The van der Waals surface area contributed by atoms with Gasteiger partial charge in [0.1, 0.15) is 11.6 Å². The molecule has 0 aliphatic carbocycles. The number of hydrogen-bond donors (Lipinski definition) is 2. The van der Waals surface area contributed by atoms with Crippen LogP contribution in [-0.4, -0.2) is 40.4 Å². The van der Waals surface area contributed by atoms with E-state index in [2.05, 4.69) is 15.6 Å². The zero-order chi connectivity index (χ0) is 21.2. The first-order valence-corrected chi connectivity index (χ1v) is 9.27. The predicted octanol–water partition coefficient (Wildman–Crippen LogP) is 3.29. The molecule has 8 heteroatoms. The minimum absolute atomic E-state index is 0.318. The fourth-order valence-corrected chi connectivity index (χ4v) is 2.79. The Morgan fingerprint density at radius 2 is 1.66 bits per heavy atom. The molecule has 0 unspecified atom stereocenters. The summed E-state index contributed by atoms with van der Waals surface area (Å²) >= 11 is 0. The Kier molecular flexibility index (Phi) is 8.51. The quantitative estimate of drug-likeness (QED) is 0.493. The molecule has 0 spiro atoms. The molecule has 2 N–H and O–H groups in total. The first-order chi connectivity index (χ1) is 14.0. The number of benzene rings is 2. The van der Waals surface area contributed by atoms with Gasteiger partial charge in [-0.05, 0) is 54.8 Å². The fourth-order valence-electron chi connectivity index (χ4n) is 2.79. The van der Waals surface area contributed by atoms with E-state index in [1.807, 2.05) is 19.1 Å². The highest BCUT2D eigenvalue weighted by Gasteiger charge is 2.13. The van der Waals surface area contributed by atoms with Crippen molar-refractivity contribution in [3.05, 3.63) is 53.1 Å².